The average Bonchev–Trinajstić information content (AvgIpc) is 1.78. The second kappa shape index (κ2) is 4.62. The molecule has 0 amide bonds. The van der Waals surface area contributed by atoms with Gasteiger partial charge in [-0.1, -0.05) is 0 Å². The van der Waals surface area contributed by atoms with Crippen LogP contribution in [0.5, 0.6) is 0 Å². The minimum atomic E-state index is -4.16. The maximum Gasteiger partial charge on any atom is 0.0968 e. The van der Waals surface area contributed by atoms with Crippen LogP contribution >= 0.6 is 0 Å². The molecule has 0 aromatic rings. The predicted molar refractivity (Wildman–Crippen MR) is 32.5 cm³/mol. The summed E-state index contributed by atoms with van der Waals surface area (Å²) in [6, 6.07) is 0. The van der Waals surface area contributed by atoms with E-state index in [2.05, 4.69) is 4.74 Å². The van der Waals surface area contributed by atoms with Gasteiger partial charge in [-0.3, -0.25) is 0 Å². The second-order valence-corrected chi connectivity index (χ2v) is 3.12. The Morgan fingerprint density at radius 2 is 2.00 bits per heavy atom. The van der Waals surface area contributed by atoms with Crippen molar-refractivity contribution in [1.82, 2.24) is 0 Å². The van der Waals surface area contributed by atoms with Gasteiger partial charge in [0.15, 0.2) is 0 Å². The van der Waals surface area contributed by atoms with Crippen LogP contribution in [-0.4, -0.2) is 43.7 Å². The van der Waals surface area contributed by atoms with Gasteiger partial charge in [0.1, 0.15) is 0 Å². The Hall–Kier alpha value is -0.170. The van der Waals surface area contributed by atoms with Gasteiger partial charge in [-0.05, 0) is 0 Å². The topological polar surface area (TPSA) is 86.7 Å². The van der Waals surface area contributed by atoms with Crippen molar-refractivity contribution >= 4 is 10.1 Å². The summed E-state index contributed by atoms with van der Waals surface area (Å²) in [7, 11) is -4.16. The van der Waals surface area contributed by atoms with Crippen LogP contribution in [0.4, 0.5) is 0 Å². The zero-order valence-corrected chi connectivity index (χ0v) is 6.13. The van der Waals surface area contributed by atoms with Gasteiger partial charge >= 0.3 is 0 Å². The lowest BCUT2D eigenvalue weighted by atomic mass is 10.7. The largest absolute Gasteiger partial charge is 0.748 e. The van der Waals surface area contributed by atoms with E-state index in [1.807, 2.05) is 0 Å². The van der Waals surface area contributed by atoms with Crippen LogP contribution in [0.1, 0.15) is 0 Å². The molecule has 0 saturated heterocycles. The lowest BCUT2D eigenvalue weighted by Crippen LogP contribution is -2.12. The first kappa shape index (κ1) is 9.83. The van der Waals surface area contributed by atoms with Crippen LogP contribution in [-0.2, 0) is 14.9 Å². The number of rotatable bonds is 5. The molecule has 0 fully saturated rings. The molecule has 0 spiro atoms. The lowest BCUT2D eigenvalue weighted by Gasteiger charge is -2.05. The Kier molecular flexibility index (Phi) is 4.54. The summed E-state index contributed by atoms with van der Waals surface area (Å²) in [6.07, 6.45) is 0. The Morgan fingerprint density at radius 3 is 2.40 bits per heavy atom. The third-order valence-corrected chi connectivity index (χ3v) is 1.38. The maximum atomic E-state index is 9.90. The van der Waals surface area contributed by atoms with Crippen molar-refractivity contribution in [2.24, 2.45) is 0 Å². The van der Waals surface area contributed by atoms with E-state index in [1.165, 1.54) is 0 Å². The molecular formula is C4H9O5S-. The Labute approximate surface area is 59.4 Å². The van der Waals surface area contributed by atoms with Gasteiger partial charge in [-0.2, -0.15) is 0 Å². The molecule has 0 aromatic carbocycles. The van der Waals surface area contributed by atoms with E-state index < -0.39 is 15.9 Å². The molecule has 0 rings (SSSR count). The normalized spacial score (nSPS) is 11.8. The molecule has 1 N–H and O–H groups in total. The van der Waals surface area contributed by atoms with Crippen LogP contribution in [0.3, 0.4) is 0 Å². The van der Waals surface area contributed by atoms with Gasteiger partial charge in [0, 0.05) is 0 Å². The number of hydrogen-bond donors (Lipinski definition) is 1. The van der Waals surface area contributed by atoms with Crippen LogP contribution in [0, 0.1) is 0 Å². The highest BCUT2D eigenvalue weighted by Crippen LogP contribution is 1.82. The summed E-state index contributed by atoms with van der Waals surface area (Å²) in [6.45, 7) is -0.249. The average molecular weight is 169 g/mol. The third kappa shape index (κ3) is 7.83. The third-order valence-electron chi connectivity index (χ3n) is 0.713. The van der Waals surface area contributed by atoms with Crippen molar-refractivity contribution in [3.05, 3.63) is 0 Å². The fourth-order valence-electron chi connectivity index (χ4n) is 0.328. The van der Waals surface area contributed by atoms with Crippen LogP contribution in [0.25, 0.3) is 0 Å². The highest BCUT2D eigenvalue weighted by Gasteiger charge is 1.93. The Morgan fingerprint density at radius 1 is 1.40 bits per heavy atom. The summed E-state index contributed by atoms with van der Waals surface area (Å²) in [5.74, 6) is -0.535. The molecule has 5 nitrogen and oxygen atoms in total. The van der Waals surface area contributed by atoms with Crippen molar-refractivity contribution < 1.29 is 22.8 Å². The molecule has 0 radical (unpaired) electrons. The monoisotopic (exact) mass is 169 g/mol. The second-order valence-electron chi connectivity index (χ2n) is 1.60. The standard InChI is InChI=1S/C4H10O5S/c5-1-2-9-3-4-10(6,7)8/h5H,1-4H2,(H,6,7,8)/p-1. The maximum absolute atomic E-state index is 9.90. The molecule has 0 aliphatic rings. The summed E-state index contributed by atoms with van der Waals surface area (Å²) in [5, 5.41) is 8.14. The van der Waals surface area contributed by atoms with Crippen molar-refractivity contribution in [1.29, 1.82) is 0 Å². The molecule has 0 aliphatic carbocycles. The molecule has 0 heterocycles. The SMILES string of the molecule is O=S(=O)([O-])CCOCCO. The minimum Gasteiger partial charge on any atom is -0.748 e. The fourth-order valence-corrected chi connectivity index (χ4v) is 0.650. The van der Waals surface area contributed by atoms with Crippen LogP contribution in [0.2, 0.25) is 0 Å². The van der Waals surface area contributed by atoms with Crippen LogP contribution in [0.15, 0.2) is 0 Å². The molecule has 0 atom stereocenters. The first-order valence-corrected chi connectivity index (χ1v) is 4.26. The lowest BCUT2D eigenvalue weighted by molar-refractivity contribution is 0.102. The first-order chi connectivity index (χ1) is 4.56. The fraction of sp³-hybridized carbons (Fsp3) is 1.00. The van der Waals surface area contributed by atoms with Crippen LogP contribution < -0.4 is 0 Å². The zero-order valence-electron chi connectivity index (χ0n) is 5.32. The smallest absolute Gasteiger partial charge is 0.0968 e. The molecular weight excluding hydrogens is 160 g/mol. The van der Waals surface area contributed by atoms with Gasteiger partial charge in [-0.15, -0.1) is 0 Å². The number of ether oxygens (including phenoxy) is 1. The summed E-state index contributed by atoms with van der Waals surface area (Å²) >= 11 is 0. The van der Waals surface area contributed by atoms with E-state index in [0.29, 0.717) is 0 Å². The molecule has 0 bridgehead atoms. The van der Waals surface area contributed by atoms with E-state index in [4.69, 9.17) is 5.11 Å². The number of aliphatic hydroxyl groups is 1. The van der Waals surface area contributed by atoms with Gasteiger partial charge in [0.05, 0.1) is 35.7 Å². The molecule has 6 heteroatoms. The van der Waals surface area contributed by atoms with Gasteiger partial charge in [0.2, 0.25) is 0 Å². The Balaban J connectivity index is 3.21. The van der Waals surface area contributed by atoms with Gasteiger partial charge in [-0.25, -0.2) is 8.42 Å². The predicted octanol–water partition coefficient (Wildman–Crippen LogP) is -1.46. The van der Waals surface area contributed by atoms with Gasteiger partial charge < -0.3 is 14.4 Å². The van der Waals surface area contributed by atoms with Crippen molar-refractivity contribution in [3.63, 3.8) is 0 Å². The molecule has 0 unspecified atom stereocenters. The van der Waals surface area contributed by atoms with Crippen molar-refractivity contribution in [2.75, 3.05) is 25.6 Å². The minimum absolute atomic E-state index is 0.0650. The van der Waals surface area contributed by atoms with E-state index >= 15 is 0 Å². The molecule has 62 valence electrons. The zero-order chi connectivity index (χ0) is 8.04. The van der Waals surface area contributed by atoms with E-state index in [0.717, 1.165) is 0 Å². The Bertz CT molecular complexity index is 160. The molecule has 0 aliphatic heterocycles. The molecule has 0 aromatic heterocycles. The summed E-state index contributed by atoms with van der Waals surface area (Å²) < 4.78 is 34.2. The van der Waals surface area contributed by atoms with E-state index in [9.17, 15) is 13.0 Å². The number of aliphatic hydroxyl groups excluding tert-OH is 1. The van der Waals surface area contributed by atoms with E-state index in [-0.39, 0.29) is 19.8 Å². The quantitative estimate of drug-likeness (QED) is 0.401. The van der Waals surface area contributed by atoms with E-state index in [1.54, 1.807) is 0 Å². The van der Waals surface area contributed by atoms with Crippen molar-refractivity contribution in [3.8, 4) is 0 Å². The van der Waals surface area contributed by atoms with Crippen molar-refractivity contribution in [2.45, 2.75) is 0 Å². The summed E-state index contributed by atoms with van der Waals surface area (Å²) in [5.41, 5.74) is 0. The highest BCUT2D eigenvalue weighted by atomic mass is 32.2. The molecule has 10 heavy (non-hydrogen) atoms. The highest BCUT2D eigenvalue weighted by molar-refractivity contribution is 7.85. The molecule has 0 saturated carbocycles. The number of hydrogen-bond acceptors (Lipinski definition) is 5. The van der Waals surface area contributed by atoms with Gasteiger partial charge in [0.25, 0.3) is 0 Å². The first-order valence-electron chi connectivity index (χ1n) is 2.68. The summed E-state index contributed by atoms with van der Waals surface area (Å²) in [4.78, 5) is 0.